The minimum Gasteiger partial charge on any atom is -0.493 e. The molecule has 0 saturated heterocycles. The van der Waals surface area contributed by atoms with E-state index in [-0.39, 0.29) is 11.0 Å². The van der Waals surface area contributed by atoms with Crippen molar-refractivity contribution < 1.29 is 9.47 Å². The molecule has 0 fully saturated rings. The molecule has 0 unspecified atom stereocenters. The van der Waals surface area contributed by atoms with E-state index in [0.717, 1.165) is 10.9 Å². The van der Waals surface area contributed by atoms with E-state index in [2.05, 4.69) is 46.8 Å². The second kappa shape index (κ2) is 10.0. The van der Waals surface area contributed by atoms with Crippen molar-refractivity contribution in [1.82, 2.24) is 9.66 Å². The molecule has 32 heavy (non-hydrogen) atoms. The molecule has 0 aliphatic rings. The largest absolute Gasteiger partial charge is 0.493 e. The molecule has 0 spiro atoms. The zero-order valence-electron chi connectivity index (χ0n) is 18.9. The molecule has 0 atom stereocenters. The number of fused-ring (bicyclic) bond motifs is 1. The minimum atomic E-state index is -0.223. The van der Waals surface area contributed by atoms with E-state index >= 15 is 0 Å². The van der Waals surface area contributed by atoms with Crippen molar-refractivity contribution >= 4 is 44.6 Å². The Morgan fingerprint density at radius 3 is 2.66 bits per heavy atom. The summed E-state index contributed by atoms with van der Waals surface area (Å²) in [5.74, 6) is 1.60. The van der Waals surface area contributed by atoms with Crippen molar-refractivity contribution in [3.63, 3.8) is 0 Å². The molecule has 1 aromatic heterocycles. The number of aryl methyl sites for hydroxylation is 1. The van der Waals surface area contributed by atoms with Gasteiger partial charge in [-0.3, -0.25) is 4.79 Å². The van der Waals surface area contributed by atoms with Gasteiger partial charge in [0.1, 0.15) is 5.82 Å². The molecule has 1 heterocycles. The van der Waals surface area contributed by atoms with Gasteiger partial charge in [0.05, 0.1) is 35.9 Å². The molecule has 170 valence electrons. The van der Waals surface area contributed by atoms with E-state index in [9.17, 15) is 4.79 Å². The summed E-state index contributed by atoms with van der Waals surface area (Å²) in [5, 5.41) is 5.36. The molecule has 0 saturated carbocycles. The molecule has 0 N–H and O–H groups in total. The second-order valence-corrected chi connectivity index (χ2v) is 10.0. The maximum Gasteiger partial charge on any atom is 0.282 e. The van der Waals surface area contributed by atoms with Crippen LogP contribution in [0, 0.1) is 5.41 Å². The maximum absolute atomic E-state index is 13.1. The molecule has 0 aliphatic heterocycles. The van der Waals surface area contributed by atoms with E-state index in [4.69, 9.17) is 21.1 Å². The van der Waals surface area contributed by atoms with Crippen LogP contribution in [0.2, 0.25) is 5.02 Å². The number of halogens is 2. The first-order valence-corrected chi connectivity index (χ1v) is 11.6. The number of benzene rings is 2. The first kappa shape index (κ1) is 24.3. The Kier molecular flexibility index (Phi) is 7.62. The standard InChI is InChI=1S/C24H27BrClN3O3/c1-6-7-21-28-19-9-8-16(25)12-17(19)23(30)29(21)27-13-15-10-18(26)22(20(11-15)31-5)32-14-24(2,3)4/h8-13H,6-7,14H2,1-5H3. The molecule has 0 radical (unpaired) electrons. The van der Waals surface area contributed by atoms with Crippen LogP contribution in [0.4, 0.5) is 0 Å². The smallest absolute Gasteiger partial charge is 0.282 e. The molecule has 3 rings (SSSR count). The van der Waals surface area contributed by atoms with E-state index < -0.39 is 0 Å². The number of aromatic nitrogens is 2. The van der Waals surface area contributed by atoms with Crippen molar-refractivity contribution in [2.24, 2.45) is 10.5 Å². The summed E-state index contributed by atoms with van der Waals surface area (Å²) < 4.78 is 13.5. The highest BCUT2D eigenvalue weighted by Crippen LogP contribution is 2.37. The number of methoxy groups -OCH3 is 1. The fourth-order valence-electron chi connectivity index (χ4n) is 3.07. The van der Waals surface area contributed by atoms with Crippen LogP contribution in [0.5, 0.6) is 11.5 Å². The number of nitrogens with zero attached hydrogens (tertiary/aromatic N) is 3. The predicted octanol–water partition coefficient (Wildman–Crippen LogP) is 6.08. The summed E-state index contributed by atoms with van der Waals surface area (Å²) in [5.41, 5.74) is 1.08. The zero-order chi connectivity index (χ0) is 23.5. The summed E-state index contributed by atoms with van der Waals surface area (Å²) in [7, 11) is 1.56. The summed E-state index contributed by atoms with van der Waals surface area (Å²) >= 11 is 9.90. The Balaban J connectivity index is 2.03. The average molecular weight is 521 g/mol. The number of rotatable bonds is 7. The van der Waals surface area contributed by atoms with Gasteiger partial charge in [0.2, 0.25) is 0 Å². The maximum atomic E-state index is 13.1. The van der Waals surface area contributed by atoms with Gasteiger partial charge in [-0.1, -0.05) is 55.2 Å². The number of hydrogen-bond acceptors (Lipinski definition) is 5. The lowest BCUT2D eigenvalue weighted by molar-refractivity contribution is 0.191. The van der Waals surface area contributed by atoms with Gasteiger partial charge in [-0.25, -0.2) is 4.98 Å². The highest BCUT2D eigenvalue weighted by Gasteiger charge is 2.17. The normalized spacial score (nSPS) is 12.0. The van der Waals surface area contributed by atoms with E-state index in [1.807, 2.05) is 19.1 Å². The fraction of sp³-hybridized carbons (Fsp3) is 0.375. The second-order valence-electron chi connectivity index (χ2n) is 8.68. The van der Waals surface area contributed by atoms with Gasteiger partial charge in [0, 0.05) is 10.9 Å². The highest BCUT2D eigenvalue weighted by molar-refractivity contribution is 9.10. The van der Waals surface area contributed by atoms with E-state index in [1.54, 1.807) is 31.5 Å². The molecule has 0 amide bonds. The molecule has 8 heteroatoms. The topological polar surface area (TPSA) is 65.7 Å². The van der Waals surface area contributed by atoms with Gasteiger partial charge >= 0.3 is 0 Å². The van der Waals surface area contributed by atoms with E-state index in [1.165, 1.54) is 4.68 Å². The van der Waals surface area contributed by atoms with Crippen molar-refractivity contribution in [3.8, 4) is 11.5 Å². The summed E-state index contributed by atoms with van der Waals surface area (Å²) in [6.07, 6.45) is 3.04. The lowest BCUT2D eigenvalue weighted by Gasteiger charge is -2.21. The molecule has 0 bridgehead atoms. The van der Waals surface area contributed by atoms with Gasteiger partial charge in [0.15, 0.2) is 11.5 Å². The lowest BCUT2D eigenvalue weighted by Crippen LogP contribution is -2.22. The summed E-state index contributed by atoms with van der Waals surface area (Å²) in [6.45, 7) is 8.76. The molecular weight excluding hydrogens is 494 g/mol. The quantitative estimate of drug-likeness (QED) is 0.354. The van der Waals surface area contributed by atoms with Crippen molar-refractivity contribution in [2.45, 2.75) is 40.5 Å². The van der Waals surface area contributed by atoms with Crippen LogP contribution in [0.25, 0.3) is 10.9 Å². The van der Waals surface area contributed by atoms with Crippen molar-refractivity contribution in [2.75, 3.05) is 13.7 Å². The molecule has 6 nitrogen and oxygen atoms in total. The minimum absolute atomic E-state index is 0.0244. The Morgan fingerprint density at radius 2 is 2.00 bits per heavy atom. The van der Waals surface area contributed by atoms with Gasteiger partial charge < -0.3 is 9.47 Å². The van der Waals surface area contributed by atoms with Crippen molar-refractivity contribution in [3.05, 3.63) is 61.6 Å². The van der Waals surface area contributed by atoms with Crippen LogP contribution in [-0.2, 0) is 6.42 Å². The van der Waals surface area contributed by atoms with Gasteiger partial charge in [-0.2, -0.15) is 9.78 Å². The Bertz CT molecular complexity index is 1220. The van der Waals surface area contributed by atoms with Crippen LogP contribution in [0.3, 0.4) is 0 Å². The Morgan fingerprint density at radius 1 is 1.25 bits per heavy atom. The van der Waals surface area contributed by atoms with Crippen molar-refractivity contribution in [1.29, 1.82) is 0 Å². The Labute approximate surface area is 201 Å². The molecular formula is C24H27BrClN3O3. The number of ether oxygens (including phenoxy) is 2. The molecule has 0 aliphatic carbocycles. The van der Waals surface area contributed by atoms with Gasteiger partial charge in [-0.15, -0.1) is 0 Å². The van der Waals surface area contributed by atoms with Gasteiger partial charge in [-0.05, 0) is 47.7 Å². The van der Waals surface area contributed by atoms with E-state index in [0.29, 0.717) is 51.8 Å². The first-order valence-electron chi connectivity index (χ1n) is 10.4. The first-order chi connectivity index (χ1) is 15.1. The average Bonchev–Trinajstić information content (AvgIpc) is 2.72. The highest BCUT2D eigenvalue weighted by atomic mass is 79.9. The Hall–Kier alpha value is -2.38. The lowest BCUT2D eigenvalue weighted by atomic mass is 9.99. The molecule has 3 aromatic rings. The monoisotopic (exact) mass is 519 g/mol. The summed E-state index contributed by atoms with van der Waals surface area (Å²) in [6, 6.07) is 8.97. The third kappa shape index (κ3) is 5.70. The van der Waals surface area contributed by atoms with Crippen LogP contribution in [-0.4, -0.2) is 29.6 Å². The fourth-order valence-corrected chi connectivity index (χ4v) is 3.70. The van der Waals surface area contributed by atoms with Crippen LogP contribution in [0.15, 0.2) is 44.7 Å². The molecule has 2 aromatic carbocycles. The van der Waals surface area contributed by atoms with Crippen LogP contribution in [0.1, 0.15) is 45.5 Å². The van der Waals surface area contributed by atoms with Gasteiger partial charge in [0.25, 0.3) is 5.56 Å². The zero-order valence-corrected chi connectivity index (χ0v) is 21.2. The third-order valence-electron chi connectivity index (χ3n) is 4.57. The SMILES string of the molecule is CCCc1nc2ccc(Br)cc2c(=O)n1N=Cc1cc(Cl)c(OCC(C)(C)C)c(OC)c1. The van der Waals surface area contributed by atoms with Crippen LogP contribution < -0.4 is 15.0 Å². The third-order valence-corrected chi connectivity index (χ3v) is 5.35. The summed E-state index contributed by atoms with van der Waals surface area (Å²) in [4.78, 5) is 17.8. The predicted molar refractivity (Wildman–Crippen MR) is 134 cm³/mol. The number of hydrogen-bond donors (Lipinski definition) is 0. The van der Waals surface area contributed by atoms with Crippen LogP contribution >= 0.6 is 27.5 Å².